The molecule has 0 aromatic carbocycles. The van der Waals surface area contributed by atoms with Crippen molar-refractivity contribution in [3.63, 3.8) is 0 Å². The Balaban J connectivity index is 2.34. The van der Waals surface area contributed by atoms with Gasteiger partial charge >= 0.3 is 0 Å². The standard InChI is InChI=1S/C14H26/c1-4-7-12(3)14-10-6-9-13(11-14)8-5-2/h5,12-14H,2,4,6-11H2,1,3H3. The summed E-state index contributed by atoms with van der Waals surface area (Å²) in [5, 5.41) is 0. The van der Waals surface area contributed by atoms with Crippen LogP contribution >= 0.6 is 0 Å². The number of hydrogen-bond acceptors (Lipinski definition) is 0. The summed E-state index contributed by atoms with van der Waals surface area (Å²) in [4.78, 5) is 0. The molecule has 0 amide bonds. The first-order valence-corrected chi connectivity index (χ1v) is 6.38. The molecular formula is C14H26. The highest BCUT2D eigenvalue weighted by Crippen LogP contribution is 2.36. The minimum atomic E-state index is 0.950. The zero-order valence-corrected chi connectivity index (χ0v) is 9.97. The highest BCUT2D eigenvalue weighted by molar-refractivity contribution is 4.81. The lowest BCUT2D eigenvalue weighted by Gasteiger charge is -2.32. The smallest absolute Gasteiger partial charge is 0.0325 e. The summed E-state index contributed by atoms with van der Waals surface area (Å²) in [7, 11) is 0. The lowest BCUT2D eigenvalue weighted by Crippen LogP contribution is -2.20. The molecule has 1 saturated carbocycles. The summed E-state index contributed by atoms with van der Waals surface area (Å²) >= 11 is 0. The van der Waals surface area contributed by atoms with E-state index in [1.807, 2.05) is 0 Å². The maximum absolute atomic E-state index is 3.86. The van der Waals surface area contributed by atoms with E-state index >= 15 is 0 Å². The average Bonchev–Trinajstić information content (AvgIpc) is 2.19. The summed E-state index contributed by atoms with van der Waals surface area (Å²) < 4.78 is 0. The molecule has 0 N–H and O–H groups in total. The Morgan fingerprint density at radius 1 is 1.43 bits per heavy atom. The predicted molar refractivity (Wildman–Crippen MR) is 64.3 cm³/mol. The van der Waals surface area contributed by atoms with Crippen LogP contribution in [-0.4, -0.2) is 0 Å². The van der Waals surface area contributed by atoms with Gasteiger partial charge in [-0.05, 0) is 30.6 Å². The second kappa shape index (κ2) is 6.27. The molecule has 1 aliphatic rings. The largest absolute Gasteiger partial charge is 0.103 e. The van der Waals surface area contributed by atoms with E-state index in [1.165, 1.54) is 44.9 Å². The molecule has 1 aliphatic carbocycles. The molecule has 14 heavy (non-hydrogen) atoms. The molecule has 3 unspecified atom stereocenters. The normalized spacial score (nSPS) is 29.9. The molecule has 0 aliphatic heterocycles. The highest BCUT2D eigenvalue weighted by Gasteiger charge is 2.24. The van der Waals surface area contributed by atoms with Gasteiger partial charge in [-0.25, -0.2) is 0 Å². The summed E-state index contributed by atoms with van der Waals surface area (Å²) in [5.41, 5.74) is 0. The fraction of sp³-hybridized carbons (Fsp3) is 0.857. The Kier molecular flexibility index (Phi) is 5.29. The van der Waals surface area contributed by atoms with Crippen molar-refractivity contribution < 1.29 is 0 Å². The van der Waals surface area contributed by atoms with Gasteiger partial charge in [-0.15, -0.1) is 6.58 Å². The molecule has 0 heterocycles. The Morgan fingerprint density at radius 3 is 2.86 bits per heavy atom. The van der Waals surface area contributed by atoms with Gasteiger partial charge in [0.1, 0.15) is 0 Å². The van der Waals surface area contributed by atoms with E-state index in [0.29, 0.717) is 0 Å². The van der Waals surface area contributed by atoms with Gasteiger partial charge < -0.3 is 0 Å². The lowest BCUT2D eigenvalue weighted by atomic mass is 9.73. The van der Waals surface area contributed by atoms with Crippen LogP contribution in [0.1, 0.15) is 58.8 Å². The van der Waals surface area contributed by atoms with Gasteiger partial charge in [-0.3, -0.25) is 0 Å². The Morgan fingerprint density at radius 2 is 2.21 bits per heavy atom. The highest BCUT2D eigenvalue weighted by atomic mass is 14.3. The van der Waals surface area contributed by atoms with Crippen molar-refractivity contribution in [1.82, 2.24) is 0 Å². The zero-order chi connectivity index (χ0) is 10.4. The zero-order valence-electron chi connectivity index (χ0n) is 9.97. The molecule has 3 atom stereocenters. The van der Waals surface area contributed by atoms with E-state index in [-0.39, 0.29) is 0 Å². The first-order valence-electron chi connectivity index (χ1n) is 6.38. The van der Waals surface area contributed by atoms with Crippen molar-refractivity contribution in [1.29, 1.82) is 0 Å². The van der Waals surface area contributed by atoms with E-state index < -0.39 is 0 Å². The van der Waals surface area contributed by atoms with Crippen molar-refractivity contribution in [2.24, 2.45) is 17.8 Å². The van der Waals surface area contributed by atoms with E-state index in [1.54, 1.807) is 0 Å². The molecule has 0 aromatic rings. The van der Waals surface area contributed by atoms with Crippen LogP contribution in [0, 0.1) is 17.8 Å². The molecule has 0 radical (unpaired) electrons. The fourth-order valence-electron chi connectivity index (χ4n) is 2.99. The molecule has 0 spiro atoms. The van der Waals surface area contributed by atoms with Crippen molar-refractivity contribution >= 4 is 0 Å². The van der Waals surface area contributed by atoms with Crippen molar-refractivity contribution in [3.05, 3.63) is 12.7 Å². The van der Waals surface area contributed by atoms with Crippen LogP contribution < -0.4 is 0 Å². The van der Waals surface area contributed by atoms with Crippen molar-refractivity contribution in [2.45, 2.75) is 58.8 Å². The molecule has 0 heteroatoms. The molecule has 1 rings (SSSR count). The van der Waals surface area contributed by atoms with E-state index in [9.17, 15) is 0 Å². The fourth-order valence-corrected chi connectivity index (χ4v) is 2.99. The van der Waals surface area contributed by atoms with E-state index in [4.69, 9.17) is 0 Å². The van der Waals surface area contributed by atoms with Crippen LogP contribution in [0.15, 0.2) is 12.7 Å². The number of rotatable bonds is 5. The van der Waals surface area contributed by atoms with Crippen LogP contribution in [0.2, 0.25) is 0 Å². The van der Waals surface area contributed by atoms with Gasteiger partial charge in [0.05, 0.1) is 0 Å². The van der Waals surface area contributed by atoms with Crippen molar-refractivity contribution in [2.75, 3.05) is 0 Å². The van der Waals surface area contributed by atoms with Crippen LogP contribution in [0.25, 0.3) is 0 Å². The van der Waals surface area contributed by atoms with Crippen LogP contribution in [0.3, 0.4) is 0 Å². The van der Waals surface area contributed by atoms with Gasteiger partial charge in [0.25, 0.3) is 0 Å². The summed E-state index contributed by atoms with van der Waals surface area (Å²) in [6.07, 6.45) is 12.0. The predicted octanol–water partition coefficient (Wildman–Crippen LogP) is 4.81. The SMILES string of the molecule is C=CCC1CCCC(C(C)CCC)C1. The first-order chi connectivity index (χ1) is 6.77. The van der Waals surface area contributed by atoms with E-state index in [2.05, 4.69) is 26.5 Å². The number of allylic oxidation sites excluding steroid dienone is 1. The summed E-state index contributed by atoms with van der Waals surface area (Å²) in [6.45, 7) is 8.62. The number of hydrogen-bond donors (Lipinski definition) is 0. The maximum atomic E-state index is 3.86. The molecule has 0 nitrogen and oxygen atoms in total. The monoisotopic (exact) mass is 194 g/mol. The van der Waals surface area contributed by atoms with Gasteiger partial charge in [0, 0.05) is 0 Å². The Labute approximate surface area is 89.8 Å². The summed E-state index contributed by atoms with van der Waals surface area (Å²) in [6, 6.07) is 0. The molecular weight excluding hydrogens is 168 g/mol. The Hall–Kier alpha value is -0.260. The third kappa shape index (κ3) is 3.48. The second-order valence-corrected chi connectivity index (χ2v) is 5.08. The van der Waals surface area contributed by atoms with Crippen LogP contribution in [0.4, 0.5) is 0 Å². The second-order valence-electron chi connectivity index (χ2n) is 5.08. The minimum absolute atomic E-state index is 0.950. The van der Waals surface area contributed by atoms with Crippen LogP contribution in [0.5, 0.6) is 0 Å². The summed E-state index contributed by atoms with van der Waals surface area (Å²) in [5.74, 6) is 2.91. The molecule has 0 saturated heterocycles. The van der Waals surface area contributed by atoms with E-state index in [0.717, 1.165) is 17.8 Å². The maximum Gasteiger partial charge on any atom is -0.0325 e. The Bertz CT molecular complexity index is 159. The first kappa shape index (κ1) is 11.8. The van der Waals surface area contributed by atoms with Gasteiger partial charge in [-0.1, -0.05) is 52.0 Å². The third-order valence-corrected chi connectivity index (χ3v) is 3.87. The molecule has 0 bridgehead atoms. The topological polar surface area (TPSA) is 0 Å². The third-order valence-electron chi connectivity index (χ3n) is 3.87. The van der Waals surface area contributed by atoms with Crippen LogP contribution in [-0.2, 0) is 0 Å². The van der Waals surface area contributed by atoms with Gasteiger partial charge in [0.15, 0.2) is 0 Å². The van der Waals surface area contributed by atoms with Gasteiger partial charge in [-0.2, -0.15) is 0 Å². The van der Waals surface area contributed by atoms with Crippen molar-refractivity contribution in [3.8, 4) is 0 Å². The molecule has 0 aromatic heterocycles. The lowest BCUT2D eigenvalue weighted by molar-refractivity contribution is 0.198. The molecule has 82 valence electrons. The molecule has 1 fully saturated rings. The average molecular weight is 194 g/mol. The quantitative estimate of drug-likeness (QED) is 0.551. The minimum Gasteiger partial charge on any atom is -0.103 e. The van der Waals surface area contributed by atoms with Gasteiger partial charge in [0.2, 0.25) is 0 Å².